The Morgan fingerprint density at radius 1 is 1.47 bits per heavy atom. The highest BCUT2D eigenvalue weighted by Gasteiger charge is 2.37. The topological polar surface area (TPSA) is 105 Å². The molecule has 2 radical (unpaired) electrons. The Morgan fingerprint density at radius 2 is 2.05 bits per heavy atom. The average molecular weight is 330 g/mol. The van der Waals surface area contributed by atoms with Gasteiger partial charge in [0.2, 0.25) is 0 Å². The van der Waals surface area contributed by atoms with Crippen molar-refractivity contribution in [2.24, 2.45) is 0 Å². The molecule has 0 aliphatic carbocycles. The summed E-state index contributed by atoms with van der Waals surface area (Å²) < 4.78 is 25.6. The molecule has 0 bridgehead atoms. The third-order valence-corrected chi connectivity index (χ3v) is 6.47. The van der Waals surface area contributed by atoms with Crippen molar-refractivity contribution >= 4 is 34.0 Å². The van der Waals surface area contributed by atoms with Crippen molar-refractivity contribution in [2.45, 2.75) is 44.1 Å². The summed E-state index contributed by atoms with van der Waals surface area (Å²) >= 11 is 5.00. The molecule has 110 valence electrons. The minimum atomic E-state index is -4.54. The number of phosphoric ester groups is 1. The van der Waals surface area contributed by atoms with Crippen molar-refractivity contribution in [3.05, 3.63) is 0 Å². The van der Waals surface area contributed by atoms with E-state index >= 15 is 0 Å². The van der Waals surface area contributed by atoms with Gasteiger partial charge in [-0.2, -0.15) is 0 Å². The standard InChI is InChI=1S/C8H17BO7P2S/c1-5(2)17(10,19)16-7-3-6(15-8(7)9)4-14-18(11,12)13/h5-8H,3-4H2,1-2H3,(H,10,19)(H2,11,12,13)/t6-,7+,8+,17?/m0/s1. The molecule has 19 heavy (non-hydrogen) atoms. The van der Waals surface area contributed by atoms with Gasteiger partial charge in [0.1, 0.15) is 7.85 Å². The maximum atomic E-state index is 10.6. The highest BCUT2D eigenvalue weighted by atomic mass is 32.5. The zero-order chi connectivity index (χ0) is 14.8. The van der Waals surface area contributed by atoms with Crippen LogP contribution in [0.3, 0.4) is 0 Å². The van der Waals surface area contributed by atoms with Crippen LogP contribution in [0.15, 0.2) is 0 Å². The van der Waals surface area contributed by atoms with Gasteiger partial charge in [-0.3, -0.25) is 4.52 Å². The minimum Gasteiger partial charge on any atom is -0.380 e. The van der Waals surface area contributed by atoms with Gasteiger partial charge in [0.15, 0.2) is 6.49 Å². The summed E-state index contributed by atoms with van der Waals surface area (Å²) in [5, 5.41) is 0. The molecule has 1 aliphatic rings. The van der Waals surface area contributed by atoms with Gasteiger partial charge in [0.25, 0.3) is 0 Å². The van der Waals surface area contributed by atoms with Crippen molar-refractivity contribution in [3.63, 3.8) is 0 Å². The molecule has 0 aromatic rings. The molecule has 11 heteroatoms. The number of hydrogen-bond acceptors (Lipinski definition) is 5. The Balaban J connectivity index is 2.52. The molecule has 4 atom stereocenters. The molecule has 1 rings (SSSR count). The number of phosphoric acid groups is 1. The van der Waals surface area contributed by atoms with Gasteiger partial charge in [0.05, 0.1) is 18.8 Å². The molecule has 3 N–H and O–H groups in total. The maximum absolute atomic E-state index is 10.6. The van der Waals surface area contributed by atoms with Gasteiger partial charge in [-0.15, -0.1) is 0 Å². The first-order valence-corrected chi connectivity index (χ1v) is 9.90. The van der Waals surface area contributed by atoms with Crippen LogP contribution in [0.25, 0.3) is 0 Å². The summed E-state index contributed by atoms with van der Waals surface area (Å²) in [7, 11) is 1.14. The van der Waals surface area contributed by atoms with E-state index in [4.69, 9.17) is 38.7 Å². The summed E-state index contributed by atoms with van der Waals surface area (Å²) in [6.07, 6.45) is -0.953. The van der Waals surface area contributed by atoms with Gasteiger partial charge < -0.3 is 23.9 Å². The van der Waals surface area contributed by atoms with E-state index in [0.29, 0.717) is 0 Å². The van der Waals surface area contributed by atoms with Crippen LogP contribution in [0.5, 0.6) is 0 Å². The molecule has 1 fully saturated rings. The Labute approximate surface area is 118 Å². The van der Waals surface area contributed by atoms with E-state index in [1.165, 1.54) is 0 Å². The van der Waals surface area contributed by atoms with Crippen LogP contribution >= 0.6 is 14.3 Å². The second kappa shape index (κ2) is 6.64. The third-order valence-electron chi connectivity index (χ3n) is 2.58. The lowest BCUT2D eigenvalue weighted by molar-refractivity contribution is 0.0317. The Morgan fingerprint density at radius 3 is 2.53 bits per heavy atom. The lowest BCUT2D eigenvalue weighted by Crippen LogP contribution is -2.24. The zero-order valence-corrected chi connectivity index (χ0v) is 13.2. The fraction of sp³-hybridized carbons (Fsp3) is 1.00. The first-order valence-electron chi connectivity index (χ1n) is 5.63. The number of rotatable bonds is 6. The second-order valence-corrected chi connectivity index (χ2v) is 9.73. The molecule has 1 saturated heterocycles. The van der Waals surface area contributed by atoms with Gasteiger partial charge >= 0.3 is 7.82 Å². The molecule has 0 aromatic heterocycles. The fourth-order valence-electron chi connectivity index (χ4n) is 1.46. The van der Waals surface area contributed by atoms with Crippen LogP contribution < -0.4 is 0 Å². The highest BCUT2D eigenvalue weighted by Crippen LogP contribution is 2.50. The molecule has 0 saturated carbocycles. The van der Waals surface area contributed by atoms with Crippen molar-refractivity contribution < 1.29 is 33.0 Å². The molecule has 0 spiro atoms. The molecule has 7 nitrogen and oxygen atoms in total. The van der Waals surface area contributed by atoms with Crippen molar-refractivity contribution in [1.82, 2.24) is 0 Å². The van der Waals surface area contributed by atoms with E-state index in [9.17, 15) is 9.46 Å². The molecule has 0 amide bonds. The van der Waals surface area contributed by atoms with Crippen molar-refractivity contribution in [1.29, 1.82) is 0 Å². The maximum Gasteiger partial charge on any atom is 0.469 e. The SMILES string of the molecule is [B][C@@H]1O[C@H](COP(=O)(O)O)C[C@H]1OP(O)(=S)C(C)C. The summed E-state index contributed by atoms with van der Waals surface area (Å²) in [5.74, 6) is 0. The van der Waals surface area contributed by atoms with Crippen LogP contribution in [-0.2, 0) is 30.2 Å². The van der Waals surface area contributed by atoms with Crippen LogP contribution in [-0.4, -0.2) is 53.0 Å². The van der Waals surface area contributed by atoms with Gasteiger partial charge in [-0.25, -0.2) is 4.57 Å². The monoisotopic (exact) mass is 330 g/mol. The molecular weight excluding hydrogens is 313 g/mol. The Kier molecular flexibility index (Phi) is 6.21. The van der Waals surface area contributed by atoms with E-state index in [0.717, 1.165) is 0 Å². The largest absolute Gasteiger partial charge is 0.469 e. The second-order valence-electron chi connectivity index (χ2n) is 4.55. The van der Waals surface area contributed by atoms with E-state index in [-0.39, 0.29) is 18.7 Å². The summed E-state index contributed by atoms with van der Waals surface area (Å²) in [6.45, 7) is 0.245. The average Bonchev–Trinajstić information content (AvgIpc) is 2.55. The minimum absolute atomic E-state index is 0.208. The van der Waals surface area contributed by atoms with Crippen LogP contribution in [0.1, 0.15) is 20.3 Å². The van der Waals surface area contributed by atoms with Crippen LogP contribution in [0, 0.1) is 0 Å². The van der Waals surface area contributed by atoms with Crippen LogP contribution in [0.4, 0.5) is 0 Å². The molecule has 1 unspecified atom stereocenters. The highest BCUT2D eigenvalue weighted by molar-refractivity contribution is 8.09. The normalized spacial score (nSPS) is 31.6. The Bertz CT molecular complexity index is 401. The third kappa shape index (κ3) is 5.92. The van der Waals surface area contributed by atoms with E-state index < -0.39 is 32.5 Å². The summed E-state index contributed by atoms with van der Waals surface area (Å²) in [4.78, 5) is 27.1. The molecule has 0 aromatic carbocycles. The lowest BCUT2D eigenvalue weighted by atomic mass is 9.95. The van der Waals surface area contributed by atoms with Crippen molar-refractivity contribution in [2.75, 3.05) is 6.61 Å². The van der Waals surface area contributed by atoms with E-state index in [1.807, 2.05) is 0 Å². The quantitative estimate of drug-likeness (QED) is 0.477. The predicted octanol–water partition coefficient (Wildman–Crippen LogP) is 0.475. The molecular formula is C8H17BO7P2S. The van der Waals surface area contributed by atoms with Crippen molar-refractivity contribution in [3.8, 4) is 0 Å². The van der Waals surface area contributed by atoms with Crippen LogP contribution in [0.2, 0.25) is 0 Å². The lowest BCUT2D eigenvalue weighted by Gasteiger charge is -2.25. The number of hydrogen-bond donors (Lipinski definition) is 3. The van der Waals surface area contributed by atoms with Gasteiger partial charge in [0, 0.05) is 18.1 Å². The van der Waals surface area contributed by atoms with E-state index in [2.05, 4.69) is 4.52 Å². The Hall–Kier alpha value is 0.705. The first kappa shape index (κ1) is 17.8. The van der Waals surface area contributed by atoms with E-state index in [1.54, 1.807) is 13.8 Å². The molecule has 1 aliphatic heterocycles. The fourth-order valence-corrected chi connectivity index (χ4v) is 2.99. The van der Waals surface area contributed by atoms with Gasteiger partial charge in [-0.1, -0.05) is 13.8 Å². The van der Waals surface area contributed by atoms with Gasteiger partial charge in [-0.05, 0) is 11.8 Å². The summed E-state index contributed by atoms with van der Waals surface area (Å²) in [5.41, 5.74) is -0.208. The number of ether oxygens (including phenoxy) is 1. The predicted molar refractivity (Wildman–Crippen MR) is 73.5 cm³/mol. The summed E-state index contributed by atoms with van der Waals surface area (Å²) in [6, 6.07) is -0.807. The zero-order valence-electron chi connectivity index (χ0n) is 10.6. The molecule has 1 heterocycles. The first-order chi connectivity index (χ1) is 8.51. The smallest absolute Gasteiger partial charge is 0.380 e.